The van der Waals surface area contributed by atoms with Crippen molar-refractivity contribution in [1.82, 2.24) is 4.90 Å². The first kappa shape index (κ1) is 12.7. The third-order valence-corrected chi connectivity index (χ3v) is 3.38. The zero-order chi connectivity index (χ0) is 13.3. The molecule has 1 fully saturated rings. The molecule has 2 atom stereocenters. The topological polar surface area (TPSA) is 59.8 Å². The number of nitrogens with zero attached hydrogens (tertiary/aromatic N) is 1. The molecule has 98 valence electrons. The van der Waals surface area contributed by atoms with Crippen LogP contribution in [0.5, 0.6) is 0 Å². The van der Waals surface area contributed by atoms with Gasteiger partial charge in [0.2, 0.25) is 0 Å². The Morgan fingerprint density at radius 2 is 2.17 bits per heavy atom. The van der Waals surface area contributed by atoms with E-state index in [4.69, 9.17) is 9.15 Å². The molecule has 5 nitrogen and oxygen atoms in total. The Kier molecular flexibility index (Phi) is 3.41. The lowest BCUT2D eigenvalue weighted by Gasteiger charge is -2.14. The van der Waals surface area contributed by atoms with Crippen molar-refractivity contribution in [2.24, 2.45) is 11.8 Å². The van der Waals surface area contributed by atoms with Gasteiger partial charge in [-0.25, -0.2) is 0 Å². The van der Waals surface area contributed by atoms with Gasteiger partial charge in [0.1, 0.15) is 12.0 Å². The highest BCUT2D eigenvalue weighted by atomic mass is 16.5. The second-order valence-electron chi connectivity index (χ2n) is 4.76. The zero-order valence-corrected chi connectivity index (χ0v) is 10.8. The first-order valence-electron chi connectivity index (χ1n) is 5.95. The Bertz CT molecular complexity index is 465. The molecule has 0 aromatic carbocycles. The van der Waals surface area contributed by atoms with E-state index in [2.05, 4.69) is 0 Å². The average molecular weight is 251 g/mol. The number of hydrogen-bond acceptors (Lipinski definition) is 4. The molecule has 2 unspecified atom stereocenters. The Labute approximate surface area is 106 Å². The maximum Gasteiger partial charge on any atom is 0.310 e. The Balaban J connectivity index is 2.08. The summed E-state index contributed by atoms with van der Waals surface area (Å²) < 4.78 is 9.88. The van der Waals surface area contributed by atoms with Gasteiger partial charge in [-0.1, -0.05) is 6.92 Å². The quantitative estimate of drug-likeness (QED) is 0.747. The van der Waals surface area contributed by atoms with Crippen LogP contribution in [-0.4, -0.2) is 37.0 Å². The van der Waals surface area contributed by atoms with E-state index in [0.29, 0.717) is 24.4 Å². The monoisotopic (exact) mass is 251 g/mol. The molecule has 0 saturated carbocycles. The number of carbonyl (C=O) groups is 2. The van der Waals surface area contributed by atoms with Gasteiger partial charge in [-0.3, -0.25) is 9.59 Å². The van der Waals surface area contributed by atoms with Crippen LogP contribution in [0, 0.1) is 18.8 Å². The van der Waals surface area contributed by atoms with Crippen LogP contribution in [0.1, 0.15) is 23.0 Å². The summed E-state index contributed by atoms with van der Waals surface area (Å²) in [6, 6.07) is 1.71. The largest absolute Gasteiger partial charge is 0.469 e. The molecule has 0 spiro atoms. The van der Waals surface area contributed by atoms with Crippen molar-refractivity contribution in [3.63, 3.8) is 0 Å². The molecule has 0 aliphatic carbocycles. The molecule has 1 aliphatic heterocycles. The number of methoxy groups -OCH3 is 1. The molecule has 0 bridgehead atoms. The van der Waals surface area contributed by atoms with E-state index < -0.39 is 0 Å². The molecule has 2 heterocycles. The van der Waals surface area contributed by atoms with Crippen molar-refractivity contribution in [3.05, 3.63) is 23.7 Å². The summed E-state index contributed by atoms with van der Waals surface area (Å²) in [6.45, 7) is 4.73. The van der Waals surface area contributed by atoms with E-state index in [1.807, 2.05) is 6.92 Å². The number of amides is 1. The fourth-order valence-corrected chi connectivity index (χ4v) is 2.33. The van der Waals surface area contributed by atoms with Crippen molar-refractivity contribution in [2.75, 3.05) is 20.2 Å². The number of likely N-dealkylation sites (tertiary alicyclic amines) is 1. The molecule has 1 amide bonds. The van der Waals surface area contributed by atoms with E-state index >= 15 is 0 Å². The zero-order valence-electron chi connectivity index (χ0n) is 10.8. The summed E-state index contributed by atoms with van der Waals surface area (Å²) in [6.07, 6.45) is 1.45. The molecule has 0 N–H and O–H groups in total. The molecule has 1 aromatic rings. The molecule has 2 rings (SSSR count). The summed E-state index contributed by atoms with van der Waals surface area (Å²) in [4.78, 5) is 25.4. The highest BCUT2D eigenvalue weighted by Gasteiger charge is 2.38. The van der Waals surface area contributed by atoms with Crippen LogP contribution in [0.3, 0.4) is 0 Å². The van der Waals surface area contributed by atoms with Gasteiger partial charge in [-0.2, -0.15) is 0 Å². The lowest BCUT2D eigenvalue weighted by atomic mass is 9.99. The summed E-state index contributed by atoms with van der Waals surface area (Å²) in [5.74, 6) is 0.253. The molecule has 5 heteroatoms. The average Bonchev–Trinajstić information content (AvgIpc) is 2.94. The van der Waals surface area contributed by atoms with Crippen LogP contribution in [-0.2, 0) is 9.53 Å². The fourth-order valence-electron chi connectivity index (χ4n) is 2.33. The Morgan fingerprint density at radius 3 is 2.72 bits per heavy atom. The maximum atomic E-state index is 12.2. The van der Waals surface area contributed by atoms with Gasteiger partial charge < -0.3 is 14.1 Å². The number of furan rings is 1. The smallest absolute Gasteiger partial charge is 0.310 e. The molecule has 1 saturated heterocycles. The Morgan fingerprint density at radius 1 is 1.44 bits per heavy atom. The van der Waals surface area contributed by atoms with Crippen LogP contribution in [0.25, 0.3) is 0 Å². The van der Waals surface area contributed by atoms with Crippen LogP contribution in [0.4, 0.5) is 0 Å². The van der Waals surface area contributed by atoms with Crippen LogP contribution in [0.15, 0.2) is 16.7 Å². The predicted octanol–water partition coefficient (Wildman–Crippen LogP) is 1.47. The van der Waals surface area contributed by atoms with E-state index in [0.717, 1.165) is 0 Å². The Hall–Kier alpha value is -1.78. The maximum absolute atomic E-state index is 12.2. The van der Waals surface area contributed by atoms with E-state index in [9.17, 15) is 9.59 Å². The highest BCUT2D eigenvalue weighted by Crippen LogP contribution is 2.25. The lowest BCUT2D eigenvalue weighted by molar-refractivity contribution is -0.146. The highest BCUT2D eigenvalue weighted by molar-refractivity contribution is 5.94. The first-order valence-corrected chi connectivity index (χ1v) is 5.95. The van der Waals surface area contributed by atoms with Crippen molar-refractivity contribution >= 4 is 11.9 Å². The molecular weight excluding hydrogens is 234 g/mol. The normalized spacial score (nSPS) is 23.2. The SMILES string of the molecule is COC(=O)C1CN(C(=O)c2coc(C)c2)CC1C. The lowest BCUT2D eigenvalue weighted by Crippen LogP contribution is -2.29. The minimum absolute atomic E-state index is 0.0925. The molecule has 18 heavy (non-hydrogen) atoms. The van der Waals surface area contributed by atoms with E-state index in [1.165, 1.54) is 13.4 Å². The van der Waals surface area contributed by atoms with Gasteiger partial charge >= 0.3 is 5.97 Å². The van der Waals surface area contributed by atoms with Crippen LogP contribution >= 0.6 is 0 Å². The summed E-state index contributed by atoms with van der Waals surface area (Å²) >= 11 is 0. The van der Waals surface area contributed by atoms with Crippen LogP contribution in [0.2, 0.25) is 0 Å². The number of aryl methyl sites for hydroxylation is 1. The molecule has 1 aromatic heterocycles. The third-order valence-electron chi connectivity index (χ3n) is 3.38. The van der Waals surface area contributed by atoms with Crippen molar-refractivity contribution in [3.8, 4) is 0 Å². The van der Waals surface area contributed by atoms with E-state index in [1.54, 1.807) is 17.9 Å². The minimum atomic E-state index is -0.249. The fraction of sp³-hybridized carbons (Fsp3) is 0.538. The van der Waals surface area contributed by atoms with Crippen molar-refractivity contribution in [2.45, 2.75) is 13.8 Å². The summed E-state index contributed by atoms with van der Waals surface area (Å²) in [7, 11) is 1.37. The second kappa shape index (κ2) is 4.84. The number of hydrogen-bond donors (Lipinski definition) is 0. The van der Waals surface area contributed by atoms with Gasteiger partial charge in [-0.05, 0) is 18.9 Å². The van der Waals surface area contributed by atoms with Crippen molar-refractivity contribution < 1.29 is 18.7 Å². The first-order chi connectivity index (χ1) is 8.52. The second-order valence-corrected chi connectivity index (χ2v) is 4.76. The summed E-state index contributed by atoms with van der Waals surface area (Å²) in [5.41, 5.74) is 0.533. The van der Waals surface area contributed by atoms with Gasteiger partial charge in [0, 0.05) is 13.1 Å². The standard InChI is InChI=1S/C13H17NO4/c1-8-5-14(6-11(8)13(16)17-3)12(15)10-4-9(2)18-7-10/h4,7-8,11H,5-6H2,1-3H3. The van der Waals surface area contributed by atoms with E-state index in [-0.39, 0.29) is 23.7 Å². The third kappa shape index (κ3) is 2.25. The number of carbonyl (C=O) groups excluding carboxylic acids is 2. The molecule has 1 aliphatic rings. The summed E-state index contributed by atoms with van der Waals surface area (Å²) in [5, 5.41) is 0. The van der Waals surface area contributed by atoms with Crippen molar-refractivity contribution in [1.29, 1.82) is 0 Å². The number of ether oxygens (including phenoxy) is 1. The van der Waals surface area contributed by atoms with Gasteiger partial charge in [0.05, 0.1) is 18.6 Å². The predicted molar refractivity (Wildman–Crippen MR) is 64.0 cm³/mol. The van der Waals surface area contributed by atoms with Crippen LogP contribution < -0.4 is 0 Å². The van der Waals surface area contributed by atoms with Gasteiger partial charge in [0.25, 0.3) is 5.91 Å². The number of esters is 1. The van der Waals surface area contributed by atoms with Gasteiger partial charge in [0.15, 0.2) is 0 Å². The minimum Gasteiger partial charge on any atom is -0.469 e. The molecular formula is C13H17NO4. The molecule has 0 radical (unpaired) electrons. The number of rotatable bonds is 2. The van der Waals surface area contributed by atoms with Gasteiger partial charge in [-0.15, -0.1) is 0 Å².